The van der Waals surface area contributed by atoms with Gasteiger partial charge in [-0.05, 0) is 36.0 Å². The van der Waals surface area contributed by atoms with Crippen molar-refractivity contribution in [2.75, 3.05) is 5.75 Å². The van der Waals surface area contributed by atoms with Crippen LogP contribution in [0.25, 0.3) is 11.6 Å². The minimum Gasteiger partial charge on any atom is -0.461 e. The van der Waals surface area contributed by atoms with Crippen LogP contribution in [0.2, 0.25) is 0 Å². The number of benzene rings is 1. The highest BCUT2D eigenvalue weighted by molar-refractivity contribution is 7.99. The molecule has 1 fully saturated rings. The normalized spacial score (nSPS) is 21.5. The lowest BCUT2D eigenvalue weighted by atomic mass is 9.78. The molecule has 1 amide bonds. The minimum absolute atomic E-state index is 0.0553. The van der Waals surface area contributed by atoms with E-state index in [4.69, 9.17) is 4.42 Å². The Morgan fingerprint density at radius 3 is 2.77 bits per heavy atom. The zero-order valence-electron chi connectivity index (χ0n) is 17.5. The van der Waals surface area contributed by atoms with Crippen molar-refractivity contribution < 1.29 is 9.21 Å². The molecule has 6 nitrogen and oxygen atoms in total. The highest BCUT2D eigenvalue weighted by atomic mass is 32.2. The van der Waals surface area contributed by atoms with E-state index in [2.05, 4.69) is 41.5 Å². The van der Waals surface area contributed by atoms with Crippen LogP contribution in [0.3, 0.4) is 0 Å². The van der Waals surface area contributed by atoms with Gasteiger partial charge >= 0.3 is 0 Å². The number of nitrogens with zero attached hydrogens (tertiary/aromatic N) is 3. The zero-order chi connectivity index (χ0) is 20.9. The summed E-state index contributed by atoms with van der Waals surface area (Å²) >= 11 is 1.42. The van der Waals surface area contributed by atoms with E-state index >= 15 is 0 Å². The van der Waals surface area contributed by atoms with E-state index in [1.54, 1.807) is 6.26 Å². The van der Waals surface area contributed by atoms with E-state index in [1.807, 2.05) is 34.9 Å². The van der Waals surface area contributed by atoms with Crippen LogP contribution in [0.15, 0.2) is 58.3 Å². The monoisotopic (exact) mass is 424 g/mol. The molecule has 1 aliphatic carbocycles. The molecule has 1 N–H and O–H groups in total. The highest BCUT2D eigenvalue weighted by Gasteiger charge is 2.28. The van der Waals surface area contributed by atoms with E-state index in [9.17, 15) is 4.79 Å². The fourth-order valence-electron chi connectivity index (χ4n) is 4.06. The molecule has 0 bridgehead atoms. The Morgan fingerprint density at radius 2 is 2.00 bits per heavy atom. The predicted molar refractivity (Wildman–Crippen MR) is 118 cm³/mol. The number of carbonyl (C=O) groups is 1. The van der Waals surface area contributed by atoms with Crippen molar-refractivity contribution in [3.8, 4) is 11.6 Å². The Hall–Kier alpha value is -2.54. The summed E-state index contributed by atoms with van der Waals surface area (Å²) in [6, 6.07) is 14.1. The summed E-state index contributed by atoms with van der Waals surface area (Å²) in [5.74, 6) is 2.88. The Bertz CT molecular complexity index is 955. The summed E-state index contributed by atoms with van der Waals surface area (Å²) in [5, 5.41) is 12.6. The number of furan rings is 1. The molecular formula is C23H28N4O2S. The van der Waals surface area contributed by atoms with E-state index in [0.717, 1.165) is 12.0 Å². The summed E-state index contributed by atoms with van der Waals surface area (Å²) in [5.41, 5.74) is 1.14. The van der Waals surface area contributed by atoms with Crippen molar-refractivity contribution in [1.29, 1.82) is 0 Å². The third-order valence-corrected chi connectivity index (χ3v) is 6.99. The molecule has 2 aromatic heterocycles. The van der Waals surface area contributed by atoms with Gasteiger partial charge in [-0.2, -0.15) is 0 Å². The smallest absolute Gasteiger partial charge is 0.230 e. The number of aromatic nitrogens is 3. The van der Waals surface area contributed by atoms with Gasteiger partial charge in [-0.25, -0.2) is 0 Å². The molecule has 30 heavy (non-hydrogen) atoms. The lowest BCUT2D eigenvalue weighted by molar-refractivity contribution is -0.120. The maximum Gasteiger partial charge on any atom is 0.230 e. The summed E-state index contributed by atoms with van der Waals surface area (Å²) < 4.78 is 7.56. The van der Waals surface area contributed by atoms with Gasteiger partial charge in [0.25, 0.3) is 0 Å². The van der Waals surface area contributed by atoms with Gasteiger partial charge in [0.2, 0.25) is 11.7 Å². The molecule has 158 valence electrons. The average molecular weight is 425 g/mol. The molecule has 1 aliphatic rings. The summed E-state index contributed by atoms with van der Waals surface area (Å²) in [6.07, 6.45) is 5.13. The highest BCUT2D eigenvalue weighted by Crippen LogP contribution is 2.30. The van der Waals surface area contributed by atoms with Crippen LogP contribution >= 0.6 is 11.8 Å². The number of rotatable bonds is 7. The van der Waals surface area contributed by atoms with Crippen molar-refractivity contribution >= 4 is 17.7 Å². The second-order valence-electron chi connectivity index (χ2n) is 8.09. The lowest BCUT2D eigenvalue weighted by Gasteiger charge is -2.34. The van der Waals surface area contributed by atoms with Gasteiger partial charge in [0.05, 0.1) is 18.6 Å². The first-order valence-corrected chi connectivity index (χ1v) is 11.5. The number of amides is 1. The number of carbonyl (C=O) groups excluding carboxylic acids is 1. The maximum atomic E-state index is 12.6. The Morgan fingerprint density at radius 1 is 1.17 bits per heavy atom. The first-order chi connectivity index (χ1) is 14.6. The number of hydrogen-bond donors (Lipinski definition) is 1. The van der Waals surface area contributed by atoms with Crippen LogP contribution in [0.1, 0.15) is 38.7 Å². The molecule has 1 saturated carbocycles. The minimum atomic E-state index is 0.0553. The van der Waals surface area contributed by atoms with Crippen LogP contribution in [0.4, 0.5) is 0 Å². The largest absolute Gasteiger partial charge is 0.461 e. The molecule has 0 aliphatic heterocycles. The number of hydrogen-bond acceptors (Lipinski definition) is 5. The Labute approximate surface area is 181 Å². The molecular weight excluding hydrogens is 396 g/mol. The van der Waals surface area contributed by atoms with E-state index < -0.39 is 0 Å². The van der Waals surface area contributed by atoms with Crippen LogP contribution < -0.4 is 5.32 Å². The maximum absolute atomic E-state index is 12.6. The van der Waals surface area contributed by atoms with Crippen LogP contribution in [-0.4, -0.2) is 32.5 Å². The summed E-state index contributed by atoms with van der Waals surface area (Å²) in [6.45, 7) is 5.14. The molecule has 7 heteroatoms. The molecule has 0 spiro atoms. The molecule has 0 unspecified atom stereocenters. The fourth-order valence-corrected chi connectivity index (χ4v) is 4.81. The Balaban J connectivity index is 1.46. The summed E-state index contributed by atoms with van der Waals surface area (Å²) in [4.78, 5) is 12.6. The number of nitrogens with one attached hydrogen (secondary N) is 1. The van der Waals surface area contributed by atoms with Crippen molar-refractivity contribution in [2.24, 2.45) is 11.8 Å². The van der Waals surface area contributed by atoms with E-state index in [-0.39, 0.29) is 11.9 Å². The second kappa shape index (κ2) is 9.51. The first-order valence-electron chi connectivity index (χ1n) is 10.5. The van der Waals surface area contributed by atoms with E-state index in [1.165, 1.54) is 24.6 Å². The first kappa shape index (κ1) is 20.7. The molecule has 1 aromatic carbocycles. The van der Waals surface area contributed by atoms with Crippen molar-refractivity contribution in [3.63, 3.8) is 0 Å². The molecule has 0 radical (unpaired) electrons. The van der Waals surface area contributed by atoms with Gasteiger partial charge in [-0.15, -0.1) is 10.2 Å². The molecule has 2 heterocycles. The third-order valence-electron chi connectivity index (χ3n) is 6.03. The molecule has 3 aromatic rings. The molecule has 0 saturated heterocycles. The topological polar surface area (TPSA) is 73.0 Å². The van der Waals surface area contributed by atoms with E-state index in [0.29, 0.717) is 40.9 Å². The third kappa shape index (κ3) is 4.78. The average Bonchev–Trinajstić information content (AvgIpc) is 3.41. The SMILES string of the molecule is C[C@@H]1[C@H](C)CCC[C@H]1NC(=O)CSc1nnc(-c2ccco2)n1Cc1ccccc1. The van der Waals surface area contributed by atoms with Gasteiger partial charge < -0.3 is 9.73 Å². The van der Waals surface area contributed by atoms with Gasteiger partial charge in [0.1, 0.15) is 0 Å². The number of thioether (sulfide) groups is 1. The van der Waals surface area contributed by atoms with Gasteiger partial charge in [-0.3, -0.25) is 9.36 Å². The van der Waals surface area contributed by atoms with Crippen LogP contribution in [0, 0.1) is 11.8 Å². The van der Waals surface area contributed by atoms with Crippen molar-refractivity contribution in [2.45, 2.75) is 50.9 Å². The lowest BCUT2D eigenvalue weighted by Crippen LogP contribution is -2.44. The van der Waals surface area contributed by atoms with Gasteiger partial charge in [0, 0.05) is 6.04 Å². The molecule has 4 rings (SSSR count). The van der Waals surface area contributed by atoms with Gasteiger partial charge in [-0.1, -0.05) is 68.8 Å². The summed E-state index contributed by atoms with van der Waals surface area (Å²) in [7, 11) is 0. The molecule has 3 atom stereocenters. The standard InChI is InChI=1S/C23H28N4O2S/c1-16-8-6-11-19(17(16)2)24-21(28)15-30-23-26-25-22(20-12-7-13-29-20)27(23)14-18-9-4-3-5-10-18/h3-5,7,9-10,12-13,16-17,19H,6,8,11,14-15H2,1-2H3,(H,24,28)/t16-,17-,19-/m1/s1. The van der Waals surface area contributed by atoms with Crippen LogP contribution in [-0.2, 0) is 11.3 Å². The Kier molecular flexibility index (Phi) is 6.57. The fraction of sp³-hybridized carbons (Fsp3) is 0.435. The van der Waals surface area contributed by atoms with Gasteiger partial charge in [0.15, 0.2) is 10.9 Å². The quantitative estimate of drug-likeness (QED) is 0.560. The van der Waals surface area contributed by atoms with Crippen molar-refractivity contribution in [1.82, 2.24) is 20.1 Å². The predicted octanol–water partition coefficient (Wildman–Crippen LogP) is 4.62. The zero-order valence-corrected chi connectivity index (χ0v) is 18.3. The second-order valence-corrected chi connectivity index (χ2v) is 9.03. The van der Waals surface area contributed by atoms with Crippen molar-refractivity contribution in [3.05, 3.63) is 54.3 Å². The van der Waals surface area contributed by atoms with Crippen LogP contribution in [0.5, 0.6) is 0 Å².